The van der Waals surface area contributed by atoms with Gasteiger partial charge in [0.1, 0.15) is 42.2 Å². The van der Waals surface area contributed by atoms with E-state index in [1.807, 2.05) is 30.3 Å². The molecule has 0 aromatic heterocycles. The van der Waals surface area contributed by atoms with E-state index < -0.39 is 5.97 Å². The number of hydrogen-bond acceptors (Lipinski definition) is 4. The number of benzene rings is 3. The molecule has 0 aliphatic heterocycles. The Labute approximate surface area is 160 Å². The molecule has 3 aromatic carbocycles. The van der Waals surface area contributed by atoms with Crippen LogP contribution in [0, 0.1) is 17.1 Å². The molecular weight excluding hydrogens is 361 g/mol. The topological polar surface area (TPSA) is 79.5 Å². The van der Waals surface area contributed by atoms with Gasteiger partial charge in [-0.05, 0) is 47.2 Å². The Hall–Kier alpha value is -3.85. The molecule has 5 nitrogen and oxygen atoms in total. The Balaban J connectivity index is 1.82. The summed E-state index contributed by atoms with van der Waals surface area (Å²) in [6.45, 7) is 0.400. The first-order chi connectivity index (χ1) is 13.6. The van der Waals surface area contributed by atoms with Crippen molar-refractivity contribution in [1.82, 2.24) is 0 Å². The van der Waals surface area contributed by atoms with Gasteiger partial charge < -0.3 is 14.6 Å². The number of fused-ring (bicyclic) bond motifs is 1. The minimum atomic E-state index is -1.30. The number of rotatable bonds is 7. The van der Waals surface area contributed by atoms with Gasteiger partial charge >= 0.3 is 5.97 Å². The predicted molar refractivity (Wildman–Crippen MR) is 103 cm³/mol. The highest BCUT2D eigenvalue weighted by Crippen LogP contribution is 2.30. The maximum absolute atomic E-state index is 12.9. The van der Waals surface area contributed by atoms with Crippen LogP contribution in [0.3, 0.4) is 0 Å². The Kier molecular flexibility index (Phi) is 5.87. The Morgan fingerprint density at radius 3 is 2.46 bits per heavy atom. The number of nitriles is 1. The zero-order valence-electron chi connectivity index (χ0n) is 14.8. The van der Waals surface area contributed by atoms with Gasteiger partial charge in [-0.1, -0.05) is 30.3 Å². The molecule has 1 N–H and O–H groups in total. The third kappa shape index (κ3) is 4.46. The van der Waals surface area contributed by atoms with Crippen LogP contribution in [0.1, 0.15) is 5.56 Å². The van der Waals surface area contributed by atoms with Gasteiger partial charge in [0.2, 0.25) is 0 Å². The summed E-state index contributed by atoms with van der Waals surface area (Å²) in [4.78, 5) is 11.2. The predicted octanol–water partition coefficient (Wildman–Crippen LogP) is 4.43. The molecule has 28 heavy (non-hydrogen) atoms. The molecule has 0 heterocycles. The lowest BCUT2D eigenvalue weighted by Gasteiger charge is -2.13. The average Bonchev–Trinajstić information content (AvgIpc) is 2.71. The fourth-order valence-corrected chi connectivity index (χ4v) is 2.68. The van der Waals surface area contributed by atoms with E-state index in [0.717, 1.165) is 10.8 Å². The SMILES string of the molecule is N#CC(=Cc1c(OCCOc2ccc(F)cc2)ccc2ccccc12)C(=O)O. The van der Waals surface area contributed by atoms with Crippen LogP contribution < -0.4 is 9.47 Å². The second-order valence-corrected chi connectivity index (χ2v) is 5.82. The lowest BCUT2D eigenvalue weighted by Crippen LogP contribution is -2.10. The summed E-state index contributed by atoms with van der Waals surface area (Å²) in [5, 5.41) is 19.9. The van der Waals surface area contributed by atoms with Crippen LogP contribution in [0.15, 0.2) is 66.2 Å². The number of ether oxygens (including phenoxy) is 2. The van der Waals surface area contributed by atoms with E-state index in [1.54, 1.807) is 12.1 Å². The fourth-order valence-electron chi connectivity index (χ4n) is 2.68. The van der Waals surface area contributed by atoms with Crippen molar-refractivity contribution < 1.29 is 23.8 Å². The van der Waals surface area contributed by atoms with Crippen molar-refractivity contribution in [3.05, 3.63) is 77.6 Å². The van der Waals surface area contributed by atoms with Gasteiger partial charge in [-0.25, -0.2) is 9.18 Å². The highest BCUT2D eigenvalue weighted by Gasteiger charge is 2.12. The zero-order chi connectivity index (χ0) is 19.9. The molecular formula is C22H16FNO4. The summed E-state index contributed by atoms with van der Waals surface area (Å²) in [6, 6.07) is 18.3. The molecule has 0 bridgehead atoms. The number of carboxylic acid groups (broad SMARTS) is 1. The molecule has 0 fully saturated rings. The van der Waals surface area contributed by atoms with Crippen LogP contribution >= 0.6 is 0 Å². The molecule has 0 aliphatic carbocycles. The smallest absolute Gasteiger partial charge is 0.346 e. The highest BCUT2D eigenvalue weighted by atomic mass is 19.1. The molecule has 6 heteroatoms. The van der Waals surface area contributed by atoms with Crippen molar-refractivity contribution in [2.45, 2.75) is 0 Å². The first-order valence-electron chi connectivity index (χ1n) is 8.46. The van der Waals surface area contributed by atoms with E-state index in [-0.39, 0.29) is 24.6 Å². The summed E-state index contributed by atoms with van der Waals surface area (Å²) in [5.74, 6) is -0.694. The van der Waals surface area contributed by atoms with E-state index in [4.69, 9.17) is 14.7 Å². The van der Waals surface area contributed by atoms with Crippen LogP contribution in [-0.2, 0) is 4.79 Å². The van der Waals surface area contributed by atoms with E-state index in [0.29, 0.717) is 17.1 Å². The molecule has 0 saturated carbocycles. The van der Waals surface area contributed by atoms with Crippen molar-refractivity contribution in [2.75, 3.05) is 13.2 Å². The third-order valence-corrected chi connectivity index (χ3v) is 3.99. The van der Waals surface area contributed by atoms with Crippen molar-refractivity contribution in [3.8, 4) is 17.6 Å². The maximum atomic E-state index is 12.9. The molecule has 0 radical (unpaired) electrons. The van der Waals surface area contributed by atoms with Crippen LogP contribution in [0.2, 0.25) is 0 Å². The summed E-state index contributed by atoms with van der Waals surface area (Å²) >= 11 is 0. The maximum Gasteiger partial charge on any atom is 0.346 e. The van der Waals surface area contributed by atoms with E-state index in [2.05, 4.69) is 0 Å². The number of hydrogen-bond donors (Lipinski definition) is 1. The van der Waals surface area contributed by atoms with Gasteiger partial charge in [0.15, 0.2) is 0 Å². The van der Waals surface area contributed by atoms with Crippen LogP contribution in [0.4, 0.5) is 4.39 Å². The zero-order valence-corrected chi connectivity index (χ0v) is 14.8. The standard InChI is InChI=1S/C22H16FNO4/c23-17-6-8-18(9-7-17)27-11-12-28-21-10-5-15-3-1-2-4-19(15)20(21)13-16(14-24)22(25)26/h1-10,13H,11-12H2,(H,25,26). The van der Waals surface area contributed by atoms with E-state index >= 15 is 0 Å². The lowest BCUT2D eigenvalue weighted by atomic mass is 10.0. The van der Waals surface area contributed by atoms with Crippen LogP contribution in [0.5, 0.6) is 11.5 Å². The van der Waals surface area contributed by atoms with Crippen molar-refractivity contribution in [2.24, 2.45) is 0 Å². The number of halogens is 1. The third-order valence-electron chi connectivity index (χ3n) is 3.99. The molecule has 0 amide bonds. The minimum Gasteiger partial charge on any atom is -0.490 e. The second-order valence-electron chi connectivity index (χ2n) is 5.82. The molecule has 0 spiro atoms. The summed E-state index contributed by atoms with van der Waals surface area (Å²) in [5.41, 5.74) is 0.127. The van der Waals surface area contributed by atoms with E-state index in [1.165, 1.54) is 30.3 Å². The quantitative estimate of drug-likeness (QED) is 0.374. The van der Waals surface area contributed by atoms with Gasteiger partial charge in [0, 0.05) is 5.56 Å². The minimum absolute atomic E-state index is 0.186. The van der Waals surface area contributed by atoms with Crippen LogP contribution in [0.25, 0.3) is 16.8 Å². The molecule has 0 aliphatic rings. The van der Waals surface area contributed by atoms with Gasteiger partial charge in [-0.2, -0.15) is 5.26 Å². The van der Waals surface area contributed by atoms with Crippen LogP contribution in [-0.4, -0.2) is 24.3 Å². The van der Waals surface area contributed by atoms with Gasteiger partial charge in [0.25, 0.3) is 0 Å². The summed E-state index contributed by atoms with van der Waals surface area (Å²) in [6.07, 6.45) is 1.31. The number of carbonyl (C=O) groups is 1. The molecule has 0 unspecified atom stereocenters. The lowest BCUT2D eigenvalue weighted by molar-refractivity contribution is -0.132. The average molecular weight is 377 g/mol. The summed E-state index contributed by atoms with van der Waals surface area (Å²) in [7, 11) is 0. The largest absolute Gasteiger partial charge is 0.490 e. The van der Waals surface area contributed by atoms with Crippen molar-refractivity contribution in [3.63, 3.8) is 0 Å². The van der Waals surface area contributed by atoms with Crippen molar-refractivity contribution >= 4 is 22.8 Å². The monoisotopic (exact) mass is 377 g/mol. The molecule has 3 aromatic rings. The van der Waals surface area contributed by atoms with E-state index in [9.17, 15) is 14.3 Å². The molecule has 3 rings (SSSR count). The first-order valence-corrected chi connectivity index (χ1v) is 8.46. The normalized spacial score (nSPS) is 11.1. The Bertz CT molecular complexity index is 1070. The molecule has 0 saturated heterocycles. The summed E-state index contributed by atoms with van der Waals surface area (Å²) < 4.78 is 24.2. The Morgan fingerprint density at radius 2 is 1.75 bits per heavy atom. The van der Waals surface area contributed by atoms with Crippen molar-refractivity contribution in [1.29, 1.82) is 5.26 Å². The fraction of sp³-hybridized carbons (Fsp3) is 0.0909. The van der Waals surface area contributed by atoms with Gasteiger partial charge in [0.05, 0.1) is 0 Å². The Morgan fingerprint density at radius 1 is 1.04 bits per heavy atom. The van der Waals surface area contributed by atoms with Gasteiger partial charge in [-0.3, -0.25) is 0 Å². The first kappa shape index (κ1) is 18.9. The second kappa shape index (κ2) is 8.69. The van der Waals surface area contributed by atoms with Gasteiger partial charge in [-0.15, -0.1) is 0 Å². The molecule has 140 valence electrons. The highest BCUT2D eigenvalue weighted by molar-refractivity contribution is 6.01. The number of aliphatic carboxylic acids is 1. The number of nitrogens with zero attached hydrogens (tertiary/aromatic N) is 1. The number of carboxylic acids is 1. The molecule has 0 atom stereocenters.